The van der Waals surface area contributed by atoms with E-state index in [0.717, 1.165) is 30.3 Å². The van der Waals surface area contributed by atoms with Gasteiger partial charge in [-0.15, -0.1) is 11.8 Å². The molecule has 0 bridgehead atoms. The van der Waals surface area contributed by atoms with Crippen molar-refractivity contribution >= 4 is 11.8 Å². The summed E-state index contributed by atoms with van der Waals surface area (Å²) in [5.41, 5.74) is 2.96. The fourth-order valence-corrected chi connectivity index (χ4v) is 5.06. The molecule has 30 heavy (non-hydrogen) atoms. The Kier molecular flexibility index (Phi) is 7.79. The summed E-state index contributed by atoms with van der Waals surface area (Å²) in [7, 11) is 1.67. The number of benzene rings is 2. The fraction of sp³-hybridized carbons (Fsp3) is 0.458. The molecule has 5 nitrogen and oxygen atoms in total. The summed E-state index contributed by atoms with van der Waals surface area (Å²) >= 11 is 1.86. The number of rotatable bonds is 9. The van der Waals surface area contributed by atoms with Crippen molar-refractivity contribution in [2.45, 2.75) is 44.5 Å². The molecule has 1 heterocycles. The Balaban J connectivity index is 1.52. The van der Waals surface area contributed by atoms with Crippen molar-refractivity contribution < 1.29 is 9.84 Å². The van der Waals surface area contributed by atoms with Gasteiger partial charge in [-0.1, -0.05) is 24.3 Å². The molecule has 2 unspecified atom stereocenters. The van der Waals surface area contributed by atoms with Gasteiger partial charge in [-0.25, -0.2) is 0 Å². The smallest absolute Gasteiger partial charge is 0.118 e. The molecule has 2 aromatic carbocycles. The summed E-state index contributed by atoms with van der Waals surface area (Å²) in [6, 6.07) is 18.1. The highest BCUT2D eigenvalue weighted by Crippen LogP contribution is 2.26. The molecule has 0 amide bonds. The Morgan fingerprint density at radius 2 is 1.87 bits per heavy atom. The van der Waals surface area contributed by atoms with Gasteiger partial charge >= 0.3 is 0 Å². The van der Waals surface area contributed by atoms with E-state index in [2.05, 4.69) is 42.3 Å². The van der Waals surface area contributed by atoms with Crippen LogP contribution in [0.2, 0.25) is 0 Å². The summed E-state index contributed by atoms with van der Waals surface area (Å²) in [6.07, 6.45) is 0.437. The maximum atomic E-state index is 10.9. The zero-order valence-corrected chi connectivity index (χ0v) is 18.8. The van der Waals surface area contributed by atoms with Gasteiger partial charge in [-0.2, -0.15) is 5.26 Å². The Bertz CT molecular complexity index is 846. The predicted octanol–water partition coefficient (Wildman–Crippen LogP) is 3.41. The number of hydrogen-bond acceptors (Lipinski definition) is 6. The number of nitriles is 1. The van der Waals surface area contributed by atoms with Crippen LogP contribution in [0.3, 0.4) is 0 Å². The van der Waals surface area contributed by atoms with E-state index in [-0.39, 0.29) is 11.6 Å². The maximum absolute atomic E-state index is 10.9. The number of aliphatic hydroxyl groups excluding tert-OH is 1. The standard InChI is InChI=1S/C24H31N3O2S/c1-24(2,12-18-8-10-21(29-3)11-9-18)26-14-23(28)22-16-30-17-27(22)15-20-6-4-19(13-25)5-7-20/h4-11,22-23,26,28H,12,14-17H2,1-3H3. The molecule has 2 atom stereocenters. The Labute approximate surface area is 184 Å². The third kappa shape index (κ3) is 6.23. The minimum Gasteiger partial charge on any atom is -0.497 e. The third-order valence-electron chi connectivity index (χ3n) is 5.52. The van der Waals surface area contributed by atoms with Crippen LogP contribution in [-0.4, -0.2) is 53.0 Å². The van der Waals surface area contributed by atoms with Crippen molar-refractivity contribution in [3.63, 3.8) is 0 Å². The van der Waals surface area contributed by atoms with Crippen LogP contribution in [0.1, 0.15) is 30.5 Å². The molecule has 1 aliphatic rings. The quantitative estimate of drug-likeness (QED) is 0.642. The van der Waals surface area contributed by atoms with E-state index < -0.39 is 6.10 Å². The lowest BCUT2D eigenvalue weighted by Crippen LogP contribution is -2.50. The lowest BCUT2D eigenvalue weighted by atomic mass is 9.94. The predicted molar refractivity (Wildman–Crippen MR) is 123 cm³/mol. The highest BCUT2D eigenvalue weighted by molar-refractivity contribution is 7.99. The number of nitrogens with one attached hydrogen (secondary N) is 1. The highest BCUT2D eigenvalue weighted by Gasteiger charge is 2.32. The van der Waals surface area contributed by atoms with Gasteiger partial charge in [0.05, 0.1) is 24.8 Å². The average molecular weight is 426 g/mol. The Morgan fingerprint density at radius 3 is 2.50 bits per heavy atom. The number of ether oxygens (including phenoxy) is 1. The lowest BCUT2D eigenvalue weighted by molar-refractivity contribution is 0.0684. The molecular weight excluding hydrogens is 394 g/mol. The first kappa shape index (κ1) is 22.6. The number of methoxy groups -OCH3 is 1. The monoisotopic (exact) mass is 425 g/mol. The van der Waals surface area contributed by atoms with Crippen molar-refractivity contribution in [1.82, 2.24) is 10.2 Å². The first-order valence-corrected chi connectivity index (χ1v) is 11.4. The number of nitrogens with zero attached hydrogens (tertiary/aromatic N) is 2. The van der Waals surface area contributed by atoms with E-state index in [1.165, 1.54) is 11.1 Å². The third-order valence-corrected chi connectivity index (χ3v) is 6.61. The molecular formula is C24H31N3O2S. The van der Waals surface area contributed by atoms with Crippen LogP contribution >= 0.6 is 11.8 Å². The number of aliphatic hydroxyl groups is 1. The molecule has 0 radical (unpaired) electrons. The molecule has 160 valence electrons. The molecule has 2 N–H and O–H groups in total. The molecule has 0 spiro atoms. The number of hydrogen-bond donors (Lipinski definition) is 2. The molecule has 0 saturated carbocycles. The van der Waals surface area contributed by atoms with Crippen LogP contribution in [0.25, 0.3) is 0 Å². The minimum absolute atomic E-state index is 0.120. The zero-order valence-electron chi connectivity index (χ0n) is 18.0. The second-order valence-electron chi connectivity index (χ2n) is 8.48. The summed E-state index contributed by atoms with van der Waals surface area (Å²) in [4.78, 5) is 2.33. The Hall–Kier alpha value is -2.04. The van der Waals surface area contributed by atoms with Crippen molar-refractivity contribution in [3.8, 4) is 11.8 Å². The molecule has 2 aromatic rings. The van der Waals surface area contributed by atoms with E-state index in [1.807, 2.05) is 48.2 Å². The van der Waals surface area contributed by atoms with Crippen molar-refractivity contribution in [1.29, 1.82) is 5.26 Å². The van der Waals surface area contributed by atoms with E-state index in [0.29, 0.717) is 12.1 Å². The molecule has 3 rings (SSSR count). The van der Waals surface area contributed by atoms with E-state index >= 15 is 0 Å². The molecule has 0 aromatic heterocycles. The van der Waals surface area contributed by atoms with Gasteiger partial charge in [0.15, 0.2) is 0 Å². The van der Waals surface area contributed by atoms with Crippen LogP contribution in [-0.2, 0) is 13.0 Å². The SMILES string of the molecule is COc1ccc(CC(C)(C)NCC(O)C2CSCN2Cc2ccc(C#N)cc2)cc1. The fourth-order valence-electron chi connectivity index (χ4n) is 3.76. The van der Waals surface area contributed by atoms with Crippen LogP contribution in [0.5, 0.6) is 5.75 Å². The largest absolute Gasteiger partial charge is 0.497 e. The normalized spacial score (nSPS) is 18.2. The highest BCUT2D eigenvalue weighted by atomic mass is 32.2. The average Bonchev–Trinajstić information content (AvgIpc) is 3.21. The minimum atomic E-state index is -0.437. The van der Waals surface area contributed by atoms with E-state index in [9.17, 15) is 5.11 Å². The van der Waals surface area contributed by atoms with Crippen LogP contribution in [0, 0.1) is 11.3 Å². The van der Waals surface area contributed by atoms with Crippen molar-refractivity contribution in [2.75, 3.05) is 25.3 Å². The van der Waals surface area contributed by atoms with Gasteiger partial charge in [-0.05, 0) is 55.7 Å². The topological polar surface area (TPSA) is 68.5 Å². The van der Waals surface area contributed by atoms with Gasteiger partial charge in [0.2, 0.25) is 0 Å². The van der Waals surface area contributed by atoms with Gasteiger partial charge < -0.3 is 15.2 Å². The molecule has 1 saturated heterocycles. The first-order chi connectivity index (χ1) is 14.4. The first-order valence-electron chi connectivity index (χ1n) is 10.3. The van der Waals surface area contributed by atoms with Crippen molar-refractivity contribution in [3.05, 3.63) is 65.2 Å². The maximum Gasteiger partial charge on any atom is 0.118 e. The lowest BCUT2D eigenvalue weighted by Gasteiger charge is -2.32. The van der Waals surface area contributed by atoms with E-state index in [4.69, 9.17) is 10.00 Å². The molecule has 0 aliphatic carbocycles. The summed E-state index contributed by atoms with van der Waals surface area (Å²) in [5, 5.41) is 23.4. The second-order valence-corrected chi connectivity index (χ2v) is 9.48. The van der Waals surface area contributed by atoms with E-state index in [1.54, 1.807) is 7.11 Å². The van der Waals surface area contributed by atoms with Gasteiger partial charge in [0.25, 0.3) is 0 Å². The number of thioether (sulfide) groups is 1. The van der Waals surface area contributed by atoms with Gasteiger partial charge in [0.1, 0.15) is 5.75 Å². The summed E-state index contributed by atoms with van der Waals surface area (Å²) in [5.74, 6) is 2.70. The molecule has 1 fully saturated rings. The van der Waals surface area contributed by atoms with Crippen molar-refractivity contribution in [2.24, 2.45) is 0 Å². The molecule has 6 heteroatoms. The summed E-state index contributed by atoms with van der Waals surface area (Å²) in [6.45, 7) is 5.68. The van der Waals surface area contributed by atoms with Gasteiger partial charge in [-0.3, -0.25) is 4.90 Å². The van der Waals surface area contributed by atoms with Gasteiger partial charge in [0, 0.05) is 36.3 Å². The van der Waals surface area contributed by atoms with Crippen LogP contribution in [0.4, 0.5) is 0 Å². The van der Waals surface area contributed by atoms with Crippen LogP contribution in [0.15, 0.2) is 48.5 Å². The van der Waals surface area contributed by atoms with Crippen LogP contribution < -0.4 is 10.1 Å². The Morgan fingerprint density at radius 1 is 1.20 bits per heavy atom. The zero-order chi connectivity index (χ0) is 21.6. The molecule has 1 aliphatic heterocycles. The summed E-state index contributed by atoms with van der Waals surface area (Å²) < 4.78 is 5.23. The number of β-amino-alcohol motifs (C(OH)–C–C–N with tert-alkyl or cyclic N) is 1. The second kappa shape index (κ2) is 10.3.